The average Bonchev–Trinajstić information content (AvgIpc) is 2.27. The van der Waals surface area contributed by atoms with E-state index in [-0.39, 0.29) is 25.4 Å². The quantitative estimate of drug-likeness (QED) is 0.431. The van der Waals surface area contributed by atoms with E-state index in [0.29, 0.717) is 32.8 Å². The molecule has 0 aliphatic heterocycles. The van der Waals surface area contributed by atoms with Crippen LogP contribution in [0.2, 0.25) is 0 Å². The van der Waals surface area contributed by atoms with E-state index in [0.717, 1.165) is 0 Å². The number of carbonyl (C=O) groups excluding carboxylic acids is 1. The van der Waals surface area contributed by atoms with Crippen LogP contribution in [0.25, 0.3) is 0 Å². The Hall–Kier alpha value is -1.14. The Morgan fingerprint density at radius 3 is 2.12 bits per heavy atom. The molecule has 0 heterocycles. The second kappa shape index (κ2) is 11.3. The smallest absolute Gasteiger partial charge is 0.308 e. The van der Waals surface area contributed by atoms with Crippen LogP contribution in [-0.4, -0.2) is 50.1 Å². The van der Waals surface area contributed by atoms with Crippen molar-refractivity contribution in [2.75, 3.05) is 33.0 Å². The molecule has 0 aromatic carbocycles. The van der Waals surface area contributed by atoms with Gasteiger partial charge in [-0.05, 0) is 13.3 Å². The van der Waals surface area contributed by atoms with Crippen molar-refractivity contribution in [2.45, 2.75) is 26.2 Å². The number of rotatable bonds is 11. The third-order valence-electron chi connectivity index (χ3n) is 1.79. The molecule has 6 heteroatoms. The molecule has 0 aliphatic carbocycles. The minimum absolute atomic E-state index is 0.0176. The van der Waals surface area contributed by atoms with Gasteiger partial charge in [-0.3, -0.25) is 9.59 Å². The van der Waals surface area contributed by atoms with Crippen molar-refractivity contribution in [3.63, 3.8) is 0 Å². The van der Waals surface area contributed by atoms with Crippen LogP contribution >= 0.6 is 0 Å². The molecule has 0 aromatic heterocycles. The molecule has 0 saturated carbocycles. The molecule has 0 aliphatic rings. The predicted octanol–water partition coefficient (Wildman–Crippen LogP) is 0.838. The number of carboxylic acid groups (broad SMARTS) is 1. The van der Waals surface area contributed by atoms with Crippen LogP contribution in [0.5, 0.6) is 0 Å². The normalized spacial score (nSPS) is 10.2. The van der Waals surface area contributed by atoms with E-state index in [2.05, 4.69) is 0 Å². The highest BCUT2D eigenvalue weighted by Crippen LogP contribution is 1.91. The maximum Gasteiger partial charge on any atom is 0.308 e. The fourth-order valence-corrected chi connectivity index (χ4v) is 1.02. The van der Waals surface area contributed by atoms with Crippen LogP contribution in [0.4, 0.5) is 0 Å². The van der Waals surface area contributed by atoms with E-state index in [4.69, 9.17) is 19.3 Å². The van der Waals surface area contributed by atoms with Crippen molar-refractivity contribution in [1.82, 2.24) is 0 Å². The van der Waals surface area contributed by atoms with Gasteiger partial charge in [-0.2, -0.15) is 0 Å². The second-order valence-corrected chi connectivity index (χ2v) is 3.28. The lowest BCUT2D eigenvalue weighted by molar-refractivity contribution is -0.144. The molecule has 0 radical (unpaired) electrons. The number of hydrogen-bond acceptors (Lipinski definition) is 5. The van der Waals surface area contributed by atoms with Gasteiger partial charge >= 0.3 is 11.9 Å². The number of hydrogen-bond donors (Lipinski definition) is 1. The summed E-state index contributed by atoms with van der Waals surface area (Å²) in [7, 11) is 0. The number of esters is 1. The summed E-state index contributed by atoms with van der Waals surface area (Å²) in [6.45, 7) is 3.66. The lowest BCUT2D eigenvalue weighted by atomic mass is 10.4. The first-order valence-corrected chi connectivity index (χ1v) is 5.69. The summed E-state index contributed by atoms with van der Waals surface area (Å²) in [5, 5.41) is 8.33. The summed E-state index contributed by atoms with van der Waals surface area (Å²) in [6.07, 6.45) is 0.958. The molecular formula is C11H20O6. The molecule has 17 heavy (non-hydrogen) atoms. The van der Waals surface area contributed by atoms with Gasteiger partial charge in [0.05, 0.1) is 32.7 Å². The molecule has 0 fully saturated rings. The maximum atomic E-state index is 10.9. The summed E-state index contributed by atoms with van der Waals surface area (Å²) in [6, 6.07) is 0. The minimum atomic E-state index is -0.865. The van der Waals surface area contributed by atoms with Gasteiger partial charge < -0.3 is 19.3 Å². The van der Waals surface area contributed by atoms with Gasteiger partial charge in [0.1, 0.15) is 0 Å². The van der Waals surface area contributed by atoms with Gasteiger partial charge in [0.15, 0.2) is 0 Å². The zero-order valence-electron chi connectivity index (χ0n) is 10.1. The van der Waals surface area contributed by atoms with Crippen LogP contribution < -0.4 is 0 Å². The highest BCUT2D eigenvalue weighted by Gasteiger charge is 2.00. The Bertz CT molecular complexity index is 216. The van der Waals surface area contributed by atoms with Gasteiger partial charge in [-0.25, -0.2) is 0 Å². The SMILES string of the molecule is CCOC(=O)CCOCCCOCCC(=O)O. The minimum Gasteiger partial charge on any atom is -0.481 e. The van der Waals surface area contributed by atoms with Crippen molar-refractivity contribution in [3.8, 4) is 0 Å². The molecule has 100 valence electrons. The van der Waals surface area contributed by atoms with E-state index >= 15 is 0 Å². The van der Waals surface area contributed by atoms with Crippen LogP contribution in [0, 0.1) is 0 Å². The average molecular weight is 248 g/mol. The van der Waals surface area contributed by atoms with Crippen molar-refractivity contribution in [1.29, 1.82) is 0 Å². The van der Waals surface area contributed by atoms with Crippen molar-refractivity contribution in [2.24, 2.45) is 0 Å². The Morgan fingerprint density at radius 1 is 1.00 bits per heavy atom. The van der Waals surface area contributed by atoms with Crippen molar-refractivity contribution < 1.29 is 28.9 Å². The third kappa shape index (κ3) is 12.8. The largest absolute Gasteiger partial charge is 0.481 e. The summed E-state index contributed by atoms with van der Waals surface area (Å²) >= 11 is 0. The maximum absolute atomic E-state index is 10.9. The number of aliphatic carboxylic acids is 1. The Morgan fingerprint density at radius 2 is 1.59 bits per heavy atom. The fraction of sp³-hybridized carbons (Fsp3) is 0.818. The van der Waals surface area contributed by atoms with Gasteiger partial charge in [0, 0.05) is 13.2 Å². The second-order valence-electron chi connectivity index (χ2n) is 3.28. The monoisotopic (exact) mass is 248 g/mol. The molecule has 0 unspecified atom stereocenters. The van der Waals surface area contributed by atoms with E-state index in [1.807, 2.05) is 0 Å². The number of carboxylic acids is 1. The van der Waals surface area contributed by atoms with E-state index in [9.17, 15) is 9.59 Å². The van der Waals surface area contributed by atoms with E-state index in [1.54, 1.807) is 6.92 Å². The highest BCUT2D eigenvalue weighted by molar-refractivity contribution is 5.69. The predicted molar refractivity (Wildman–Crippen MR) is 59.8 cm³/mol. The standard InChI is InChI=1S/C11H20O6/c1-2-17-11(14)5-9-16-7-3-6-15-8-4-10(12)13/h2-9H2,1H3,(H,12,13). The zero-order valence-corrected chi connectivity index (χ0v) is 10.1. The third-order valence-corrected chi connectivity index (χ3v) is 1.79. The Balaban J connectivity index is 3.08. The number of carbonyl (C=O) groups is 2. The summed E-state index contributed by atoms with van der Waals surface area (Å²) in [5.41, 5.74) is 0. The fourth-order valence-electron chi connectivity index (χ4n) is 1.02. The first kappa shape index (κ1) is 15.9. The molecule has 0 aromatic rings. The lowest BCUT2D eigenvalue weighted by Crippen LogP contribution is -2.10. The zero-order chi connectivity index (χ0) is 12.9. The molecule has 1 N–H and O–H groups in total. The Labute approximate surface area is 101 Å². The lowest BCUT2D eigenvalue weighted by Gasteiger charge is -2.04. The molecule has 0 amide bonds. The molecular weight excluding hydrogens is 228 g/mol. The van der Waals surface area contributed by atoms with Gasteiger partial charge in [-0.1, -0.05) is 0 Å². The first-order chi connectivity index (χ1) is 8.16. The topological polar surface area (TPSA) is 82.1 Å². The molecule has 0 rings (SSSR count). The molecule has 0 saturated heterocycles. The summed E-state index contributed by atoms with van der Waals surface area (Å²) in [4.78, 5) is 21.0. The van der Waals surface area contributed by atoms with Crippen molar-refractivity contribution >= 4 is 11.9 Å². The van der Waals surface area contributed by atoms with Crippen LogP contribution in [0.1, 0.15) is 26.2 Å². The van der Waals surface area contributed by atoms with E-state index in [1.165, 1.54) is 0 Å². The van der Waals surface area contributed by atoms with Crippen LogP contribution in [0.15, 0.2) is 0 Å². The van der Waals surface area contributed by atoms with Crippen molar-refractivity contribution in [3.05, 3.63) is 0 Å². The molecule has 0 atom stereocenters. The summed E-state index contributed by atoms with van der Waals surface area (Å²) in [5.74, 6) is -1.12. The van der Waals surface area contributed by atoms with Gasteiger partial charge in [0.2, 0.25) is 0 Å². The Kier molecular flexibility index (Phi) is 10.6. The highest BCUT2D eigenvalue weighted by atomic mass is 16.5. The van der Waals surface area contributed by atoms with Gasteiger partial charge in [0.25, 0.3) is 0 Å². The van der Waals surface area contributed by atoms with Crippen LogP contribution in [-0.2, 0) is 23.8 Å². The van der Waals surface area contributed by atoms with Crippen LogP contribution in [0.3, 0.4) is 0 Å². The number of ether oxygens (including phenoxy) is 3. The van der Waals surface area contributed by atoms with Gasteiger partial charge in [-0.15, -0.1) is 0 Å². The summed E-state index contributed by atoms with van der Waals surface area (Å²) < 4.78 is 15.0. The first-order valence-electron chi connectivity index (χ1n) is 5.69. The molecule has 0 bridgehead atoms. The molecule has 6 nitrogen and oxygen atoms in total. The van der Waals surface area contributed by atoms with E-state index < -0.39 is 5.97 Å². The molecule has 0 spiro atoms.